The number of amides is 1. The molecule has 0 atom stereocenters. The summed E-state index contributed by atoms with van der Waals surface area (Å²) in [5, 5.41) is 14.0. The normalized spacial score (nSPS) is 10.6. The molecule has 0 aliphatic rings. The maximum absolute atomic E-state index is 13.8. The van der Waals surface area contributed by atoms with Crippen LogP contribution in [0.1, 0.15) is 0 Å². The van der Waals surface area contributed by atoms with Crippen molar-refractivity contribution in [2.75, 3.05) is 11.1 Å². The van der Waals surface area contributed by atoms with Gasteiger partial charge in [-0.2, -0.15) is 4.68 Å². The predicted octanol–water partition coefficient (Wildman–Crippen LogP) is 2.67. The van der Waals surface area contributed by atoms with Gasteiger partial charge < -0.3 is 5.32 Å². The van der Waals surface area contributed by atoms with Crippen LogP contribution in [0.4, 0.5) is 14.5 Å². The zero-order chi connectivity index (χ0) is 16.9. The van der Waals surface area contributed by atoms with Gasteiger partial charge in [-0.15, -0.1) is 5.10 Å². The summed E-state index contributed by atoms with van der Waals surface area (Å²) in [6.07, 6.45) is 0. The minimum absolute atomic E-state index is 0.0200. The molecule has 3 rings (SSSR count). The number of nitrogens with zero attached hydrogens (tertiary/aromatic N) is 4. The second kappa shape index (κ2) is 7.18. The van der Waals surface area contributed by atoms with Gasteiger partial charge in [0.25, 0.3) is 0 Å². The Morgan fingerprint density at radius 3 is 2.62 bits per heavy atom. The van der Waals surface area contributed by atoms with Gasteiger partial charge in [0.1, 0.15) is 17.3 Å². The zero-order valence-electron chi connectivity index (χ0n) is 12.2. The Morgan fingerprint density at radius 2 is 1.88 bits per heavy atom. The van der Waals surface area contributed by atoms with Gasteiger partial charge in [0.15, 0.2) is 0 Å². The first-order chi connectivity index (χ1) is 11.6. The van der Waals surface area contributed by atoms with Gasteiger partial charge >= 0.3 is 0 Å². The third-order valence-electron chi connectivity index (χ3n) is 2.98. The first-order valence-corrected chi connectivity index (χ1v) is 7.83. The first kappa shape index (κ1) is 16.1. The van der Waals surface area contributed by atoms with E-state index in [1.165, 1.54) is 41.1 Å². The molecule has 0 saturated heterocycles. The standard InChI is InChI=1S/C15H11F2N5OS/c16-10-5-7-11(8-6-10)18-14(23)9-24-15-19-20-21-22(15)13-4-2-1-3-12(13)17/h1-8H,9H2,(H,18,23). The van der Waals surface area contributed by atoms with Gasteiger partial charge in [-0.3, -0.25) is 4.79 Å². The van der Waals surface area contributed by atoms with E-state index in [1.54, 1.807) is 12.1 Å². The molecule has 24 heavy (non-hydrogen) atoms. The third-order valence-corrected chi connectivity index (χ3v) is 3.90. The Labute approximate surface area is 139 Å². The van der Waals surface area contributed by atoms with Crippen LogP contribution in [-0.4, -0.2) is 31.9 Å². The summed E-state index contributed by atoms with van der Waals surface area (Å²) in [5.74, 6) is -1.14. The summed E-state index contributed by atoms with van der Waals surface area (Å²) in [5.41, 5.74) is 0.680. The third kappa shape index (κ3) is 3.74. The molecular weight excluding hydrogens is 336 g/mol. The number of thioether (sulfide) groups is 1. The number of benzene rings is 2. The van der Waals surface area contributed by atoms with Crippen LogP contribution >= 0.6 is 11.8 Å². The number of hydrogen-bond donors (Lipinski definition) is 1. The number of rotatable bonds is 5. The predicted molar refractivity (Wildman–Crippen MR) is 84.9 cm³/mol. The van der Waals surface area contributed by atoms with Gasteiger partial charge in [0, 0.05) is 5.69 Å². The monoisotopic (exact) mass is 347 g/mol. The highest BCUT2D eigenvalue weighted by Crippen LogP contribution is 2.20. The minimum Gasteiger partial charge on any atom is -0.325 e. The van der Waals surface area contributed by atoms with Crippen LogP contribution in [0.15, 0.2) is 53.7 Å². The van der Waals surface area contributed by atoms with Crippen molar-refractivity contribution in [3.63, 3.8) is 0 Å². The van der Waals surface area contributed by atoms with Gasteiger partial charge in [0.05, 0.1) is 5.75 Å². The molecule has 0 bridgehead atoms. The van der Waals surface area contributed by atoms with Crippen LogP contribution < -0.4 is 5.32 Å². The number of aromatic nitrogens is 4. The summed E-state index contributed by atoms with van der Waals surface area (Å²) in [6, 6.07) is 11.5. The Balaban J connectivity index is 1.65. The van der Waals surface area contributed by atoms with Crippen molar-refractivity contribution in [3.05, 3.63) is 60.2 Å². The van der Waals surface area contributed by atoms with E-state index in [4.69, 9.17) is 0 Å². The molecule has 122 valence electrons. The number of halogens is 2. The van der Waals surface area contributed by atoms with E-state index in [1.807, 2.05) is 0 Å². The molecule has 0 aliphatic heterocycles. The molecule has 1 aromatic heterocycles. The van der Waals surface area contributed by atoms with Gasteiger partial charge in [-0.25, -0.2) is 8.78 Å². The first-order valence-electron chi connectivity index (χ1n) is 6.85. The number of carbonyl (C=O) groups excluding carboxylic acids is 1. The number of para-hydroxylation sites is 1. The fraction of sp³-hybridized carbons (Fsp3) is 0.0667. The second-order valence-electron chi connectivity index (χ2n) is 4.67. The molecule has 2 aromatic carbocycles. The van der Waals surface area contributed by atoms with Crippen LogP contribution in [-0.2, 0) is 4.79 Å². The van der Waals surface area contributed by atoms with Crippen molar-refractivity contribution >= 4 is 23.4 Å². The van der Waals surface area contributed by atoms with Crippen molar-refractivity contribution in [3.8, 4) is 5.69 Å². The second-order valence-corrected chi connectivity index (χ2v) is 5.61. The van der Waals surface area contributed by atoms with E-state index >= 15 is 0 Å². The van der Waals surface area contributed by atoms with Crippen molar-refractivity contribution < 1.29 is 13.6 Å². The highest BCUT2D eigenvalue weighted by Gasteiger charge is 2.14. The van der Waals surface area contributed by atoms with Crippen molar-refractivity contribution in [1.29, 1.82) is 0 Å². The summed E-state index contributed by atoms with van der Waals surface area (Å²) in [7, 11) is 0. The average molecular weight is 347 g/mol. The Bertz CT molecular complexity index is 853. The van der Waals surface area contributed by atoms with Crippen LogP contribution in [0.25, 0.3) is 5.69 Å². The fourth-order valence-corrected chi connectivity index (χ4v) is 2.59. The summed E-state index contributed by atoms with van der Waals surface area (Å²) < 4.78 is 27.9. The molecule has 0 aliphatic carbocycles. The van der Waals surface area contributed by atoms with Gasteiger partial charge in [0.2, 0.25) is 11.1 Å². The fourth-order valence-electron chi connectivity index (χ4n) is 1.90. The van der Waals surface area contributed by atoms with E-state index in [9.17, 15) is 13.6 Å². The Kier molecular flexibility index (Phi) is 4.80. The highest BCUT2D eigenvalue weighted by molar-refractivity contribution is 7.99. The van der Waals surface area contributed by atoms with Crippen LogP contribution in [0, 0.1) is 11.6 Å². The molecule has 0 fully saturated rings. The lowest BCUT2D eigenvalue weighted by atomic mass is 10.3. The number of nitrogens with one attached hydrogen (secondary N) is 1. The van der Waals surface area contributed by atoms with Crippen LogP contribution in [0.3, 0.4) is 0 Å². The molecule has 0 radical (unpaired) electrons. The van der Waals surface area contributed by atoms with Crippen molar-refractivity contribution in [2.24, 2.45) is 0 Å². The van der Waals surface area contributed by atoms with E-state index in [0.29, 0.717) is 5.69 Å². The molecule has 1 amide bonds. The summed E-state index contributed by atoms with van der Waals surface area (Å²) in [4.78, 5) is 11.9. The number of anilines is 1. The van der Waals surface area contributed by atoms with Gasteiger partial charge in [-0.05, 0) is 46.8 Å². The van der Waals surface area contributed by atoms with Crippen LogP contribution in [0.5, 0.6) is 0 Å². The lowest BCUT2D eigenvalue weighted by Crippen LogP contribution is -2.14. The topological polar surface area (TPSA) is 72.7 Å². The van der Waals surface area contributed by atoms with E-state index in [2.05, 4.69) is 20.8 Å². The Morgan fingerprint density at radius 1 is 1.12 bits per heavy atom. The quantitative estimate of drug-likeness (QED) is 0.719. The molecule has 0 saturated carbocycles. The SMILES string of the molecule is O=C(CSc1nnnn1-c1ccccc1F)Nc1ccc(F)cc1. The van der Waals surface area contributed by atoms with E-state index in [0.717, 1.165) is 11.8 Å². The van der Waals surface area contributed by atoms with Crippen molar-refractivity contribution in [2.45, 2.75) is 5.16 Å². The highest BCUT2D eigenvalue weighted by atomic mass is 32.2. The summed E-state index contributed by atoms with van der Waals surface area (Å²) in [6.45, 7) is 0. The minimum atomic E-state index is -0.470. The lowest BCUT2D eigenvalue weighted by Gasteiger charge is -2.06. The van der Waals surface area contributed by atoms with E-state index < -0.39 is 5.82 Å². The van der Waals surface area contributed by atoms with Gasteiger partial charge in [-0.1, -0.05) is 23.9 Å². The van der Waals surface area contributed by atoms with Crippen LogP contribution in [0.2, 0.25) is 0 Å². The molecular formula is C15H11F2N5OS. The molecule has 1 heterocycles. The van der Waals surface area contributed by atoms with Crippen molar-refractivity contribution in [1.82, 2.24) is 20.2 Å². The maximum Gasteiger partial charge on any atom is 0.234 e. The molecule has 0 spiro atoms. The Hall–Kier alpha value is -2.81. The molecule has 1 N–H and O–H groups in total. The largest absolute Gasteiger partial charge is 0.325 e. The number of hydrogen-bond acceptors (Lipinski definition) is 5. The maximum atomic E-state index is 13.8. The summed E-state index contributed by atoms with van der Waals surface area (Å²) >= 11 is 1.06. The molecule has 3 aromatic rings. The zero-order valence-corrected chi connectivity index (χ0v) is 13.0. The molecule has 6 nitrogen and oxygen atoms in total. The number of carbonyl (C=O) groups is 1. The van der Waals surface area contributed by atoms with E-state index in [-0.39, 0.29) is 28.3 Å². The number of tetrazole rings is 1. The smallest absolute Gasteiger partial charge is 0.234 e. The molecule has 0 unspecified atom stereocenters. The molecule has 9 heteroatoms. The average Bonchev–Trinajstić information content (AvgIpc) is 3.04. The lowest BCUT2D eigenvalue weighted by molar-refractivity contribution is -0.113.